The SMILES string of the molecule is NCCNCc1cc(C(=O)O)no1. The van der Waals surface area contributed by atoms with Crippen LogP contribution in [0.2, 0.25) is 0 Å². The predicted octanol–water partition coefficient (Wildman–Crippen LogP) is -0.579. The molecule has 0 aliphatic carbocycles. The number of carboxylic acids is 1. The number of aromatic carboxylic acids is 1. The van der Waals surface area contributed by atoms with Crippen molar-refractivity contribution < 1.29 is 14.4 Å². The van der Waals surface area contributed by atoms with Crippen molar-refractivity contribution in [3.8, 4) is 0 Å². The molecule has 0 aromatic carbocycles. The number of rotatable bonds is 5. The van der Waals surface area contributed by atoms with Crippen molar-refractivity contribution in [1.82, 2.24) is 10.5 Å². The lowest BCUT2D eigenvalue weighted by Crippen LogP contribution is -2.21. The highest BCUT2D eigenvalue weighted by molar-refractivity contribution is 5.85. The van der Waals surface area contributed by atoms with Crippen LogP contribution in [0, 0.1) is 0 Å². The van der Waals surface area contributed by atoms with E-state index in [1.165, 1.54) is 6.07 Å². The third kappa shape index (κ3) is 2.85. The molecule has 0 bridgehead atoms. The Labute approximate surface area is 74.7 Å². The quantitative estimate of drug-likeness (QED) is 0.530. The summed E-state index contributed by atoms with van der Waals surface area (Å²) in [7, 11) is 0. The minimum Gasteiger partial charge on any atom is -0.476 e. The molecular formula is C7H11N3O3. The lowest BCUT2D eigenvalue weighted by molar-refractivity contribution is 0.0685. The number of nitrogens with one attached hydrogen (secondary N) is 1. The monoisotopic (exact) mass is 185 g/mol. The molecule has 0 amide bonds. The van der Waals surface area contributed by atoms with Gasteiger partial charge in [-0.3, -0.25) is 0 Å². The summed E-state index contributed by atoms with van der Waals surface area (Å²) in [5, 5.41) is 14.8. The van der Waals surface area contributed by atoms with E-state index in [-0.39, 0.29) is 5.69 Å². The second-order valence-electron chi connectivity index (χ2n) is 2.45. The number of nitrogens with zero attached hydrogens (tertiary/aromatic N) is 1. The molecule has 0 unspecified atom stereocenters. The van der Waals surface area contributed by atoms with E-state index in [0.29, 0.717) is 25.4 Å². The highest BCUT2D eigenvalue weighted by atomic mass is 16.5. The molecule has 0 saturated carbocycles. The molecule has 0 aliphatic heterocycles. The summed E-state index contributed by atoms with van der Waals surface area (Å²) in [5.41, 5.74) is 5.16. The number of hydrogen-bond donors (Lipinski definition) is 3. The van der Waals surface area contributed by atoms with Gasteiger partial charge in [-0.05, 0) is 0 Å². The van der Waals surface area contributed by atoms with Gasteiger partial charge in [0.1, 0.15) is 0 Å². The second kappa shape index (κ2) is 4.58. The smallest absolute Gasteiger partial charge is 0.358 e. The molecule has 0 radical (unpaired) electrons. The maximum atomic E-state index is 10.4. The van der Waals surface area contributed by atoms with Gasteiger partial charge in [0.05, 0.1) is 6.54 Å². The highest BCUT2D eigenvalue weighted by Crippen LogP contribution is 2.02. The van der Waals surface area contributed by atoms with Crippen molar-refractivity contribution >= 4 is 5.97 Å². The first-order valence-corrected chi connectivity index (χ1v) is 3.83. The molecule has 0 fully saturated rings. The minimum absolute atomic E-state index is 0.0791. The Balaban J connectivity index is 2.44. The number of hydrogen-bond acceptors (Lipinski definition) is 5. The molecule has 0 aliphatic rings. The van der Waals surface area contributed by atoms with Gasteiger partial charge in [-0.25, -0.2) is 4.79 Å². The first-order chi connectivity index (χ1) is 6.24. The van der Waals surface area contributed by atoms with Gasteiger partial charge in [-0.15, -0.1) is 0 Å². The summed E-state index contributed by atoms with van der Waals surface area (Å²) in [6, 6.07) is 1.38. The van der Waals surface area contributed by atoms with E-state index in [2.05, 4.69) is 10.5 Å². The van der Waals surface area contributed by atoms with Crippen LogP contribution in [0.1, 0.15) is 16.2 Å². The Morgan fingerprint density at radius 2 is 2.54 bits per heavy atom. The average molecular weight is 185 g/mol. The van der Waals surface area contributed by atoms with Gasteiger partial charge in [0.15, 0.2) is 11.5 Å². The zero-order valence-corrected chi connectivity index (χ0v) is 6.99. The van der Waals surface area contributed by atoms with Crippen LogP contribution in [-0.2, 0) is 6.54 Å². The first kappa shape index (κ1) is 9.69. The van der Waals surface area contributed by atoms with E-state index < -0.39 is 5.97 Å². The van der Waals surface area contributed by atoms with E-state index in [1.807, 2.05) is 0 Å². The average Bonchev–Trinajstić information content (AvgIpc) is 2.53. The summed E-state index contributed by atoms with van der Waals surface area (Å²) in [4.78, 5) is 10.4. The number of aromatic nitrogens is 1. The Bertz CT molecular complexity index is 284. The van der Waals surface area contributed by atoms with Gasteiger partial charge < -0.3 is 20.7 Å². The molecule has 6 heteroatoms. The molecule has 0 atom stereocenters. The zero-order chi connectivity index (χ0) is 9.68. The molecule has 1 aromatic heterocycles. The van der Waals surface area contributed by atoms with Gasteiger partial charge in [-0.2, -0.15) is 0 Å². The van der Waals surface area contributed by atoms with Crippen LogP contribution >= 0.6 is 0 Å². The summed E-state index contributed by atoms with van der Waals surface area (Å²) in [5.74, 6) is -0.598. The van der Waals surface area contributed by atoms with Crippen LogP contribution in [0.15, 0.2) is 10.6 Å². The van der Waals surface area contributed by atoms with E-state index in [0.717, 1.165) is 0 Å². The fourth-order valence-electron chi connectivity index (χ4n) is 0.811. The molecule has 1 heterocycles. The third-order valence-corrected chi connectivity index (χ3v) is 1.40. The Morgan fingerprint density at radius 1 is 1.77 bits per heavy atom. The zero-order valence-electron chi connectivity index (χ0n) is 6.99. The molecule has 0 spiro atoms. The molecule has 1 rings (SSSR count). The van der Waals surface area contributed by atoms with E-state index in [9.17, 15) is 4.79 Å². The standard InChI is InChI=1S/C7H11N3O3/c8-1-2-9-4-5-3-6(7(11)12)10-13-5/h3,9H,1-2,4,8H2,(H,11,12). The van der Waals surface area contributed by atoms with E-state index >= 15 is 0 Å². The largest absolute Gasteiger partial charge is 0.476 e. The van der Waals surface area contributed by atoms with Crippen molar-refractivity contribution in [2.24, 2.45) is 5.73 Å². The summed E-state index contributed by atoms with van der Waals surface area (Å²) in [6.07, 6.45) is 0. The summed E-state index contributed by atoms with van der Waals surface area (Å²) < 4.78 is 4.74. The molecule has 13 heavy (non-hydrogen) atoms. The van der Waals surface area contributed by atoms with Crippen molar-refractivity contribution in [3.63, 3.8) is 0 Å². The van der Waals surface area contributed by atoms with Crippen molar-refractivity contribution in [1.29, 1.82) is 0 Å². The van der Waals surface area contributed by atoms with Crippen LogP contribution in [0.25, 0.3) is 0 Å². The van der Waals surface area contributed by atoms with Crippen LogP contribution in [-0.4, -0.2) is 29.3 Å². The summed E-state index contributed by atoms with van der Waals surface area (Å²) >= 11 is 0. The lowest BCUT2D eigenvalue weighted by Gasteiger charge is -1.96. The second-order valence-corrected chi connectivity index (χ2v) is 2.45. The lowest BCUT2D eigenvalue weighted by atomic mass is 10.3. The summed E-state index contributed by atoms with van der Waals surface area (Å²) in [6.45, 7) is 1.63. The Kier molecular flexibility index (Phi) is 3.41. The molecule has 0 saturated heterocycles. The number of carboxylic acid groups (broad SMARTS) is 1. The van der Waals surface area contributed by atoms with Crippen LogP contribution in [0.5, 0.6) is 0 Å². The van der Waals surface area contributed by atoms with Gasteiger partial charge in [0.2, 0.25) is 0 Å². The fourth-order valence-corrected chi connectivity index (χ4v) is 0.811. The first-order valence-electron chi connectivity index (χ1n) is 3.83. The molecule has 4 N–H and O–H groups in total. The van der Waals surface area contributed by atoms with Crippen LogP contribution in [0.4, 0.5) is 0 Å². The minimum atomic E-state index is -1.09. The van der Waals surface area contributed by atoms with Crippen LogP contribution in [0.3, 0.4) is 0 Å². The Hall–Kier alpha value is -1.40. The highest BCUT2D eigenvalue weighted by Gasteiger charge is 2.09. The van der Waals surface area contributed by atoms with Crippen molar-refractivity contribution in [3.05, 3.63) is 17.5 Å². The van der Waals surface area contributed by atoms with Crippen LogP contribution < -0.4 is 11.1 Å². The number of nitrogens with two attached hydrogens (primary N) is 1. The van der Waals surface area contributed by atoms with Crippen molar-refractivity contribution in [2.75, 3.05) is 13.1 Å². The molecule has 1 aromatic rings. The van der Waals surface area contributed by atoms with Gasteiger partial charge in [-0.1, -0.05) is 5.16 Å². The van der Waals surface area contributed by atoms with Gasteiger partial charge in [0, 0.05) is 19.2 Å². The molecule has 6 nitrogen and oxygen atoms in total. The molecular weight excluding hydrogens is 174 g/mol. The topological polar surface area (TPSA) is 101 Å². The number of carbonyl (C=O) groups is 1. The fraction of sp³-hybridized carbons (Fsp3) is 0.429. The van der Waals surface area contributed by atoms with E-state index in [4.69, 9.17) is 15.4 Å². The normalized spacial score (nSPS) is 10.2. The maximum Gasteiger partial charge on any atom is 0.358 e. The van der Waals surface area contributed by atoms with Gasteiger partial charge in [0.25, 0.3) is 0 Å². The van der Waals surface area contributed by atoms with Gasteiger partial charge >= 0.3 is 5.97 Å². The van der Waals surface area contributed by atoms with Crippen molar-refractivity contribution in [2.45, 2.75) is 6.54 Å². The Morgan fingerprint density at radius 3 is 3.08 bits per heavy atom. The third-order valence-electron chi connectivity index (χ3n) is 1.40. The maximum absolute atomic E-state index is 10.4. The molecule has 72 valence electrons. The van der Waals surface area contributed by atoms with E-state index in [1.54, 1.807) is 0 Å². The predicted molar refractivity (Wildman–Crippen MR) is 44.2 cm³/mol.